The van der Waals surface area contributed by atoms with Crippen LogP contribution in [0.5, 0.6) is 5.88 Å². The van der Waals surface area contributed by atoms with E-state index in [1.807, 2.05) is 18.3 Å². The van der Waals surface area contributed by atoms with Crippen LogP contribution < -0.4 is 9.92 Å². The van der Waals surface area contributed by atoms with Crippen molar-refractivity contribution in [1.82, 2.24) is 9.97 Å². The molecule has 3 heterocycles. The molecule has 0 fully saturated rings. The van der Waals surface area contributed by atoms with E-state index in [1.165, 1.54) is 22.0 Å². The predicted molar refractivity (Wildman–Crippen MR) is 128 cm³/mol. The summed E-state index contributed by atoms with van der Waals surface area (Å²) in [6, 6.07) is 16.8. The van der Waals surface area contributed by atoms with Crippen molar-refractivity contribution < 1.29 is 9.16 Å². The Balaban J connectivity index is 1.81. The van der Waals surface area contributed by atoms with Gasteiger partial charge in [0.1, 0.15) is 0 Å². The predicted octanol–water partition coefficient (Wildman–Crippen LogP) is 5.44. The van der Waals surface area contributed by atoms with E-state index >= 15 is 0 Å². The van der Waals surface area contributed by atoms with Crippen LogP contribution in [0.25, 0.3) is 11.3 Å². The summed E-state index contributed by atoms with van der Waals surface area (Å²) in [5, 5.41) is 1.44. The van der Waals surface area contributed by atoms with Crippen molar-refractivity contribution in [3.8, 4) is 17.1 Å². The summed E-state index contributed by atoms with van der Waals surface area (Å²) in [7, 11) is -0.492. The molecule has 0 aliphatic carbocycles. The molecule has 0 amide bonds. The molecule has 0 N–H and O–H groups in total. The maximum absolute atomic E-state index is 6.72. The molecule has 3 aromatic rings. The maximum Gasteiger partial charge on any atom is 0.231 e. The lowest BCUT2D eigenvalue weighted by molar-refractivity contribution is 0.299. The number of benzene rings is 1. The molecule has 4 rings (SSSR count). The average Bonchev–Trinajstić information content (AvgIpc) is 3.19. The molecule has 0 unspecified atom stereocenters. The summed E-state index contributed by atoms with van der Waals surface area (Å²) in [4.78, 5) is 9.61. The van der Waals surface area contributed by atoms with E-state index in [-0.39, 0.29) is 0 Å². The molecule has 0 saturated heterocycles. The minimum atomic E-state index is -2.13. The van der Waals surface area contributed by atoms with Crippen molar-refractivity contribution in [3.63, 3.8) is 0 Å². The number of pyridine rings is 2. The minimum absolute atomic E-state index is 0.500. The van der Waals surface area contributed by atoms with Crippen LogP contribution in [0.15, 0.2) is 54.7 Å². The molecular formula is C26H32N2O2Si. The molecular weight excluding hydrogens is 400 g/mol. The molecule has 31 heavy (non-hydrogen) atoms. The zero-order valence-electron chi connectivity index (χ0n) is 19.2. The molecule has 0 radical (unpaired) electrons. The van der Waals surface area contributed by atoms with Gasteiger partial charge in [-0.15, -0.1) is 0 Å². The molecule has 0 bridgehead atoms. The summed E-state index contributed by atoms with van der Waals surface area (Å²) >= 11 is 0. The van der Waals surface area contributed by atoms with Crippen molar-refractivity contribution in [3.05, 3.63) is 71.5 Å². The third-order valence-electron chi connectivity index (χ3n) is 6.48. The van der Waals surface area contributed by atoms with Gasteiger partial charge in [0.25, 0.3) is 0 Å². The van der Waals surface area contributed by atoms with Gasteiger partial charge in [0.2, 0.25) is 14.2 Å². The molecule has 162 valence electrons. The fourth-order valence-electron chi connectivity index (χ4n) is 4.98. The fraction of sp³-hybridized carbons (Fsp3) is 0.385. The number of hydrogen-bond donors (Lipinski definition) is 0. The van der Waals surface area contributed by atoms with Gasteiger partial charge in [0.15, 0.2) is 0 Å². The Morgan fingerprint density at radius 1 is 1.00 bits per heavy atom. The van der Waals surface area contributed by atoms with E-state index in [4.69, 9.17) is 14.1 Å². The summed E-state index contributed by atoms with van der Waals surface area (Å²) in [6.07, 6.45) is 3.74. The van der Waals surface area contributed by atoms with Gasteiger partial charge in [-0.1, -0.05) is 58.0 Å². The molecule has 0 spiro atoms. The summed E-state index contributed by atoms with van der Waals surface area (Å²) < 4.78 is 11.9. The second kappa shape index (κ2) is 8.93. The van der Waals surface area contributed by atoms with Crippen molar-refractivity contribution in [1.29, 1.82) is 0 Å². The highest BCUT2D eigenvalue weighted by molar-refractivity contribution is 6.90. The van der Waals surface area contributed by atoms with Gasteiger partial charge in [-0.2, -0.15) is 0 Å². The van der Waals surface area contributed by atoms with E-state index < -0.39 is 8.32 Å². The zero-order valence-corrected chi connectivity index (χ0v) is 20.2. The Bertz CT molecular complexity index is 1030. The highest BCUT2D eigenvalue weighted by atomic mass is 28.4. The largest absolute Gasteiger partial charge is 0.481 e. The number of aromatic nitrogens is 2. The Hall–Kier alpha value is -2.50. The highest BCUT2D eigenvalue weighted by Crippen LogP contribution is 2.40. The summed E-state index contributed by atoms with van der Waals surface area (Å²) in [5.41, 5.74) is 6.85. The smallest absolute Gasteiger partial charge is 0.231 e. The van der Waals surface area contributed by atoms with E-state index in [0.29, 0.717) is 23.6 Å². The summed E-state index contributed by atoms with van der Waals surface area (Å²) in [5.74, 6) is 0.614. The van der Waals surface area contributed by atoms with Gasteiger partial charge >= 0.3 is 0 Å². The standard InChI is InChI=1S/C26H32N2O2Si/c1-18(2)31(19(3)4)26-22(17-30-31)15-24(21-12-14-25(29-5)27-16-21)28-23(26)13-11-20-9-7-6-8-10-20/h6-10,12,14-16,18-19H,11,13,17H2,1-5H3. The van der Waals surface area contributed by atoms with Crippen molar-refractivity contribution >= 4 is 13.5 Å². The molecule has 1 aromatic carbocycles. The van der Waals surface area contributed by atoms with Gasteiger partial charge in [0, 0.05) is 23.5 Å². The topological polar surface area (TPSA) is 44.2 Å². The number of methoxy groups -OCH3 is 1. The summed E-state index contributed by atoms with van der Waals surface area (Å²) in [6.45, 7) is 9.98. The first kappa shape index (κ1) is 21.7. The lowest BCUT2D eigenvalue weighted by Crippen LogP contribution is -2.54. The number of fused-ring (bicyclic) bond motifs is 1. The number of ether oxygens (including phenoxy) is 1. The monoisotopic (exact) mass is 432 g/mol. The Labute approximate surface area is 186 Å². The second-order valence-electron chi connectivity index (χ2n) is 8.95. The first-order chi connectivity index (χ1) is 15.0. The Morgan fingerprint density at radius 2 is 1.74 bits per heavy atom. The maximum atomic E-state index is 6.72. The van der Waals surface area contributed by atoms with Crippen LogP contribution in [-0.2, 0) is 23.9 Å². The van der Waals surface area contributed by atoms with Crippen molar-refractivity contribution in [2.24, 2.45) is 0 Å². The fourth-order valence-corrected chi connectivity index (χ4v) is 9.95. The number of hydrogen-bond acceptors (Lipinski definition) is 4. The highest BCUT2D eigenvalue weighted by Gasteiger charge is 2.50. The minimum Gasteiger partial charge on any atom is -0.481 e. The van der Waals surface area contributed by atoms with Crippen molar-refractivity contribution in [2.75, 3.05) is 7.11 Å². The SMILES string of the molecule is COc1ccc(-c2cc3c(c(CCc4ccccc4)n2)[Si](C(C)C)(C(C)C)OC3)cn1. The van der Waals surface area contributed by atoms with Gasteiger partial charge in [-0.25, -0.2) is 4.98 Å². The van der Waals surface area contributed by atoms with E-state index in [9.17, 15) is 0 Å². The second-order valence-corrected chi connectivity index (χ2v) is 13.6. The number of rotatable bonds is 7. The van der Waals surface area contributed by atoms with E-state index in [0.717, 1.165) is 24.1 Å². The quantitative estimate of drug-likeness (QED) is 0.466. The average molecular weight is 433 g/mol. The van der Waals surface area contributed by atoms with Crippen LogP contribution >= 0.6 is 0 Å². The zero-order chi connectivity index (χ0) is 22.0. The lowest BCUT2D eigenvalue weighted by atomic mass is 10.0. The van der Waals surface area contributed by atoms with Crippen LogP contribution in [-0.4, -0.2) is 25.4 Å². The lowest BCUT2D eigenvalue weighted by Gasteiger charge is -2.35. The Morgan fingerprint density at radius 3 is 2.35 bits per heavy atom. The normalized spacial score (nSPS) is 14.8. The molecule has 1 aliphatic rings. The number of aryl methyl sites for hydroxylation is 2. The molecule has 0 saturated carbocycles. The molecule has 1 aliphatic heterocycles. The third-order valence-corrected chi connectivity index (χ3v) is 11.9. The molecule has 4 nitrogen and oxygen atoms in total. The van der Waals surface area contributed by atoms with Crippen molar-refractivity contribution in [2.45, 2.75) is 58.2 Å². The van der Waals surface area contributed by atoms with Gasteiger partial charge in [-0.05, 0) is 52.4 Å². The van der Waals surface area contributed by atoms with E-state index in [2.05, 4.69) is 69.1 Å². The van der Waals surface area contributed by atoms with Gasteiger partial charge < -0.3 is 9.16 Å². The molecule has 5 heteroatoms. The van der Waals surface area contributed by atoms with Gasteiger partial charge in [0.05, 0.1) is 19.4 Å². The van der Waals surface area contributed by atoms with Crippen LogP contribution in [0.1, 0.15) is 44.5 Å². The van der Waals surface area contributed by atoms with Crippen LogP contribution in [0.3, 0.4) is 0 Å². The third kappa shape index (κ3) is 4.04. The first-order valence-corrected chi connectivity index (χ1v) is 13.2. The Kier molecular flexibility index (Phi) is 6.26. The molecule has 2 aromatic heterocycles. The van der Waals surface area contributed by atoms with Crippen LogP contribution in [0.4, 0.5) is 0 Å². The number of nitrogens with zero attached hydrogens (tertiary/aromatic N) is 2. The van der Waals surface area contributed by atoms with E-state index in [1.54, 1.807) is 7.11 Å². The van der Waals surface area contributed by atoms with Crippen LogP contribution in [0, 0.1) is 0 Å². The first-order valence-electron chi connectivity index (χ1n) is 11.2. The van der Waals surface area contributed by atoms with Crippen LogP contribution in [0.2, 0.25) is 11.1 Å². The van der Waals surface area contributed by atoms with Gasteiger partial charge in [-0.3, -0.25) is 4.98 Å². The molecule has 0 atom stereocenters.